The first-order valence-electron chi connectivity index (χ1n) is 5.70. The first-order valence-corrected chi connectivity index (χ1v) is 6.90. The number of nitrogen functional groups attached to an aromatic ring is 1. The molecule has 0 saturated heterocycles. The van der Waals surface area contributed by atoms with E-state index in [2.05, 4.69) is 0 Å². The van der Waals surface area contributed by atoms with Crippen molar-refractivity contribution >= 4 is 40.2 Å². The van der Waals surface area contributed by atoms with Crippen molar-refractivity contribution < 1.29 is 9.53 Å². The number of anilines is 2. The summed E-state index contributed by atoms with van der Waals surface area (Å²) in [6.45, 7) is 0.534. The van der Waals surface area contributed by atoms with Gasteiger partial charge in [0.1, 0.15) is 5.75 Å². The number of carbonyl (C=O) groups excluding carboxylic acids is 1. The van der Waals surface area contributed by atoms with Crippen molar-refractivity contribution in [2.24, 2.45) is 0 Å². The summed E-state index contributed by atoms with van der Waals surface area (Å²) in [5, 5.41) is 0. The first kappa shape index (κ1) is 12.3. The minimum absolute atomic E-state index is 0.0516. The molecular formula is C13H11ClN2O2S. The van der Waals surface area contributed by atoms with Gasteiger partial charge >= 0.3 is 0 Å². The Bertz CT molecular complexity index is 641. The Labute approximate surface area is 119 Å². The Morgan fingerprint density at radius 3 is 2.95 bits per heavy atom. The van der Waals surface area contributed by atoms with Crippen LogP contribution in [-0.2, 0) is 11.3 Å². The van der Waals surface area contributed by atoms with Gasteiger partial charge in [-0.2, -0.15) is 0 Å². The highest BCUT2D eigenvalue weighted by Gasteiger charge is 2.26. The van der Waals surface area contributed by atoms with Gasteiger partial charge in [0.15, 0.2) is 6.61 Å². The molecule has 19 heavy (non-hydrogen) atoms. The Morgan fingerprint density at radius 2 is 2.21 bits per heavy atom. The zero-order valence-corrected chi connectivity index (χ0v) is 11.5. The van der Waals surface area contributed by atoms with E-state index in [-0.39, 0.29) is 12.5 Å². The maximum atomic E-state index is 12.0. The molecule has 2 aromatic rings. The molecule has 0 saturated carbocycles. The van der Waals surface area contributed by atoms with Crippen LogP contribution in [0.3, 0.4) is 0 Å². The Kier molecular flexibility index (Phi) is 3.08. The molecule has 6 heteroatoms. The predicted octanol–water partition coefficient (Wildman–Crippen LogP) is 2.91. The van der Waals surface area contributed by atoms with Crippen LogP contribution in [-0.4, -0.2) is 12.5 Å². The van der Waals surface area contributed by atoms with E-state index in [1.54, 1.807) is 23.1 Å². The molecule has 3 rings (SSSR count). The molecule has 2 N–H and O–H groups in total. The van der Waals surface area contributed by atoms with E-state index in [9.17, 15) is 4.79 Å². The monoisotopic (exact) mass is 294 g/mol. The summed E-state index contributed by atoms with van der Waals surface area (Å²) in [6, 6.07) is 9.04. The predicted molar refractivity (Wildman–Crippen MR) is 76.9 cm³/mol. The molecule has 2 heterocycles. The molecule has 0 unspecified atom stereocenters. The van der Waals surface area contributed by atoms with Crippen LogP contribution >= 0.6 is 22.9 Å². The number of fused-ring (bicyclic) bond motifs is 1. The molecule has 98 valence electrons. The normalized spacial score (nSPS) is 14.2. The zero-order valence-electron chi connectivity index (χ0n) is 9.93. The first-order chi connectivity index (χ1) is 9.13. The number of hydrogen-bond donors (Lipinski definition) is 1. The van der Waals surface area contributed by atoms with E-state index >= 15 is 0 Å². The lowest BCUT2D eigenvalue weighted by molar-refractivity contribution is -0.121. The number of halogens is 1. The van der Waals surface area contributed by atoms with E-state index < -0.39 is 0 Å². The van der Waals surface area contributed by atoms with Gasteiger partial charge in [-0.1, -0.05) is 11.6 Å². The van der Waals surface area contributed by atoms with Gasteiger partial charge in [0.05, 0.1) is 16.6 Å². The van der Waals surface area contributed by atoms with Gasteiger partial charge in [-0.25, -0.2) is 0 Å². The SMILES string of the molecule is Nc1ccc2c(c1)N(Cc1ccc(Cl)s1)C(=O)CO2. The van der Waals surface area contributed by atoms with Crippen LogP contribution in [0.2, 0.25) is 4.34 Å². The number of rotatable bonds is 2. The largest absolute Gasteiger partial charge is 0.482 e. The number of nitrogens with two attached hydrogens (primary N) is 1. The van der Waals surface area contributed by atoms with Crippen LogP contribution in [0, 0.1) is 0 Å². The van der Waals surface area contributed by atoms with Crippen LogP contribution in [0.15, 0.2) is 30.3 Å². The van der Waals surface area contributed by atoms with Crippen molar-refractivity contribution in [2.45, 2.75) is 6.54 Å². The van der Waals surface area contributed by atoms with Crippen LogP contribution in [0.25, 0.3) is 0 Å². The second kappa shape index (κ2) is 4.75. The van der Waals surface area contributed by atoms with Gasteiger partial charge in [0.2, 0.25) is 0 Å². The number of benzene rings is 1. The fourth-order valence-electron chi connectivity index (χ4n) is 1.99. The van der Waals surface area contributed by atoms with Gasteiger partial charge in [-0.15, -0.1) is 11.3 Å². The van der Waals surface area contributed by atoms with Gasteiger partial charge in [0.25, 0.3) is 5.91 Å². The number of amides is 1. The fourth-order valence-corrected chi connectivity index (χ4v) is 3.06. The standard InChI is InChI=1S/C13H11ClN2O2S/c14-12-4-2-9(19-12)6-16-10-5-8(15)1-3-11(10)18-7-13(16)17/h1-5H,6-7,15H2. The molecule has 0 atom stereocenters. The van der Waals surface area contributed by atoms with Crippen molar-refractivity contribution in [3.63, 3.8) is 0 Å². The van der Waals surface area contributed by atoms with Crippen LogP contribution in [0.5, 0.6) is 5.75 Å². The lowest BCUT2D eigenvalue weighted by Crippen LogP contribution is -2.38. The van der Waals surface area contributed by atoms with E-state index in [0.29, 0.717) is 28.0 Å². The maximum Gasteiger partial charge on any atom is 0.265 e. The molecule has 1 aromatic carbocycles. The molecule has 0 spiro atoms. The summed E-state index contributed by atoms with van der Waals surface area (Å²) >= 11 is 7.37. The Hall–Kier alpha value is -1.72. The molecule has 1 amide bonds. The molecule has 0 bridgehead atoms. The van der Waals surface area contributed by atoms with E-state index in [4.69, 9.17) is 22.1 Å². The average molecular weight is 295 g/mol. The Balaban J connectivity index is 1.96. The highest BCUT2D eigenvalue weighted by molar-refractivity contribution is 7.16. The summed E-state index contributed by atoms with van der Waals surface area (Å²) in [6.07, 6.45) is 0. The molecule has 0 aliphatic carbocycles. The molecule has 4 nitrogen and oxygen atoms in total. The van der Waals surface area contributed by atoms with Gasteiger partial charge in [0, 0.05) is 10.6 Å². The average Bonchev–Trinajstić information content (AvgIpc) is 2.79. The lowest BCUT2D eigenvalue weighted by Gasteiger charge is -2.29. The summed E-state index contributed by atoms with van der Waals surface area (Å²) in [4.78, 5) is 14.7. The molecule has 1 aliphatic rings. The highest BCUT2D eigenvalue weighted by atomic mass is 35.5. The fraction of sp³-hybridized carbons (Fsp3) is 0.154. The number of ether oxygens (including phenoxy) is 1. The summed E-state index contributed by atoms with van der Waals surface area (Å²) in [5.41, 5.74) is 7.09. The van der Waals surface area contributed by atoms with E-state index in [1.165, 1.54) is 11.3 Å². The van der Waals surface area contributed by atoms with Crippen molar-refractivity contribution in [3.8, 4) is 5.75 Å². The number of hydrogen-bond acceptors (Lipinski definition) is 4. The van der Waals surface area contributed by atoms with Crippen molar-refractivity contribution in [3.05, 3.63) is 39.5 Å². The van der Waals surface area contributed by atoms with Crippen LogP contribution < -0.4 is 15.4 Å². The van der Waals surface area contributed by atoms with Gasteiger partial charge in [-0.05, 0) is 30.3 Å². The minimum atomic E-state index is -0.0809. The Morgan fingerprint density at radius 1 is 1.37 bits per heavy atom. The number of nitrogens with zero attached hydrogens (tertiary/aromatic N) is 1. The smallest absolute Gasteiger partial charge is 0.265 e. The summed E-state index contributed by atoms with van der Waals surface area (Å²) in [7, 11) is 0. The maximum absolute atomic E-state index is 12.0. The lowest BCUT2D eigenvalue weighted by atomic mass is 10.2. The highest BCUT2D eigenvalue weighted by Crippen LogP contribution is 2.35. The van der Waals surface area contributed by atoms with Crippen molar-refractivity contribution in [1.82, 2.24) is 0 Å². The topological polar surface area (TPSA) is 55.6 Å². The van der Waals surface area contributed by atoms with Gasteiger partial charge in [-0.3, -0.25) is 4.79 Å². The third-order valence-corrected chi connectivity index (χ3v) is 4.08. The summed E-state index contributed by atoms with van der Waals surface area (Å²) < 4.78 is 6.11. The molecule has 0 radical (unpaired) electrons. The van der Waals surface area contributed by atoms with E-state index in [1.807, 2.05) is 12.1 Å². The van der Waals surface area contributed by atoms with Crippen molar-refractivity contribution in [1.29, 1.82) is 0 Å². The quantitative estimate of drug-likeness (QED) is 0.867. The van der Waals surface area contributed by atoms with E-state index in [0.717, 1.165) is 4.88 Å². The third-order valence-electron chi connectivity index (χ3n) is 2.87. The zero-order chi connectivity index (χ0) is 13.4. The molecular weight excluding hydrogens is 284 g/mol. The van der Waals surface area contributed by atoms with Gasteiger partial charge < -0.3 is 15.4 Å². The molecule has 1 aromatic heterocycles. The van der Waals surface area contributed by atoms with Crippen LogP contribution in [0.4, 0.5) is 11.4 Å². The molecule has 0 fully saturated rings. The van der Waals surface area contributed by atoms with Crippen molar-refractivity contribution in [2.75, 3.05) is 17.2 Å². The summed E-state index contributed by atoms with van der Waals surface area (Å²) in [5.74, 6) is 0.596. The number of carbonyl (C=O) groups is 1. The van der Waals surface area contributed by atoms with Crippen LogP contribution in [0.1, 0.15) is 4.88 Å². The second-order valence-corrected chi connectivity index (χ2v) is 6.00. The molecule has 1 aliphatic heterocycles. The second-order valence-electron chi connectivity index (χ2n) is 4.20. The minimum Gasteiger partial charge on any atom is -0.482 e. The third kappa shape index (κ3) is 2.39. The number of thiophene rings is 1.